The van der Waals surface area contributed by atoms with Gasteiger partial charge in [0, 0.05) is 11.8 Å². The van der Waals surface area contributed by atoms with Crippen molar-refractivity contribution in [1.29, 1.82) is 0 Å². The molecule has 0 aliphatic heterocycles. The molecule has 2 unspecified atom stereocenters. The van der Waals surface area contributed by atoms with E-state index in [9.17, 15) is 0 Å². The molecule has 21 heavy (non-hydrogen) atoms. The summed E-state index contributed by atoms with van der Waals surface area (Å²) in [6, 6.07) is 8.98. The van der Waals surface area contributed by atoms with E-state index >= 15 is 0 Å². The lowest BCUT2D eigenvalue weighted by molar-refractivity contribution is 0.720. The van der Waals surface area contributed by atoms with Crippen LogP contribution >= 0.6 is 0 Å². The van der Waals surface area contributed by atoms with Crippen LogP contribution in [-0.2, 0) is 0 Å². The largest absolute Gasteiger partial charge is 0.0807 e. The number of rotatable bonds is 2. The van der Waals surface area contributed by atoms with E-state index in [4.69, 9.17) is 0 Å². The molecule has 0 heterocycles. The molecule has 0 amide bonds. The summed E-state index contributed by atoms with van der Waals surface area (Å²) in [5.74, 6) is 1.11. The van der Waals surface area contributed by atoms with Crippen molar-refractivity contribution in [3.8, 4) is 0 Å². The summed E-state index contributed by atoms with van der Waals surface area (Å²) < 4.78 is 0. The van der Waals surface area contributed by atoms with Crippen LogP contribution < -0.4 is 0 Å². The molecule has 0 nitrogen and oxygen atoms in total. The third-order valence-electron chi connectivity index (χ3n) is 4.72. The van der Waals surface area contributed by atoms with Crippen LogP contribution in [0, 0.1) is 12.8 Å². The minimum Gasteiger partial charge on any atom is -0.0807 e. The summed E-state index contributed by atoms with van der Waals surface area (Å²) in [6.07, 6.45) is 14.0. The highest BCUT2D eigenvalue weighted by molar-refractivity contribution is 5.41. The molecule has 3 rings (SSSR count). The molecule has 2 aliphatic carbocycles. The van der Waals surface area contributed by atoms with E-state index in [0.29, 0.717) is 11.8 Å². The minimum absolute atomic E-state index is 0.541. The molecule has 1 aromatic carbocycles. The lowest BCUT2D eigenvalue weighted by Crippen LogP contribution is -2.09. The van der Waals surface area contributed by atoms with Gasteiger partial charge in [-0.05, 0) is 44.7 Å². The first kappa shape index (κ1) is 14.1. The van der Waals surface area contributed by atoms with Gasteiger partial charge in [-0.25, -0.2) is 0 Å². The highest BCUT2D eigenvalue weighted by atomic mass is 14.2. The van der Waals surface area contributed by atoms with E-state index in [1.165, 1.54) is 22.3 Å². The summed E-state index contributed by atoms with van der Waals surface area (Å²) in [5, 5.41) is 0. The number of hydrogen-bond acceptors (Lipinski definition) is 0. The van der Waals surface area contributed by atoms with Gasteiger partial charge in [0.15, 0.2) is 0 Å². The van der Waals surface area contributed by atoms with Crippen LogP contribution in [-0.4, -0.2) is 0 Å². The third-order valence-corrected chi connectivity index (χ3v) is 4.72. The molecule has 0 heteroatoms. The van der Waals surface area contributed by atoms with Crippen molar-refractivity contribution in [3.63, 3.8) is 0 Å². The Balaban J connectivity index is 1.76. The van der Waals surface area contributed by atoms with Crippen LogP contribution in [0.2, 0.25) is 0 Å². The van der Waals surface area contributed by atoms with E-state index in [1.807, 2.05) is 0 Å². The minimum atomic E-state index is 0.541. The number of hydrogen-bond donors (Lipinski definition) is 0. The van der Waals surface area contributed by atoms with Crippen molar-refractivity contribution >= 4 is 0 Å². The average Bonchev–Trinajstić information content (AvgIpc) is 2.49. The predicted molar refractivity (Wildman–Crippen MR) is 91.4 cm³/mol. The maximum Gasteiger partial charge on any atom is 0.00584 e. The van der Waals surface area contributed by atoms with Gasteiger partial charge in [-0.15, -0.1) is 0 Å². The SMILES string of the molecule is CC1=CCC(C2=C(C)CC(c3ccc(C)cc3)C=C2)C=C1. The number of aryl methyl sites for hydroxylation is 1. The van der Waals surface area contributed by atoms with Gasteiger partial charge in [-0.2, -0.15) is 0 Å². The lowest BCUT2D eigenvalue weighted by Gasteiger charge is -2.25. The molecule has 0 aromatic heterocycles. The van der Waals surface area contributed by atoms with Crippen LogP contribution in [0.25, 0.3) is 0 Å². The molecular formula is C21H24. The highest BCUT2D eigenvalue weighted by Gasteiger charge is 2.20. The quantitative estimate of drug-likeness (QED) is 0.633. The Kier molecular flexibility index (Phi) is 3.96. The molecule has 0 radical (unpaired) electrons. The molecule has 0 spiro atoms. The first-order chi connectivity index (χ1) is 10.1. The molecule has 1 aromatic rings. The van der Waals surface area contributed by atoms with Crippen LogP contribution in [0.1, 0.15) is 43.7 Å². The van der Waals surface area contributed by atoms with E-state index < -0.39 is 0 Å². The molecule has 0 saturated carbocycles. The summed E-state index contributed by atoms with van der Waals surface area (Å²) in [4.78, 5) is 0. The summed E-state index contributed by atoms with van der Waals surface area (Å²) in [6.45, 7) is 6.63. The highest BCUT2D eigenvalue weighted by Crippen LogP contribution is 2.36. The van der Waals surface area contributed by atoms with Crippen molar-refractivity contribution in [3.05, 3.63) is 82.5 Å². The molecule has 0 bridgehead atoms. The van der Waals surface area contributed by atoms with Gasteiger partial charge in [0.1, 0.15) is 0 Å². The lowest BCUT2D eigenvalue weighted by atomic mass is 9.79. The summed E-state index contributed by atoms with van der Waals surface area (Å²) >= 11 is 0. The first-order valence-electron chi connectivity index (χ1n) is 7.93. The Labute approximate surface area is 128 Å². The zero-order valence-corrected chi connectivity index (χ0v) is 13.3. The van der Waals surface area contributed by atoms with Gasteiger partial charge in [-0.1, -0.05) is 71.4 Å². The monoisotopic (exact) mass is 276 g/mol. The van der Waals surface area contributed by atoms with E-state index in [-0.39, 0.29) is 0 Å². The second kappa shape index (κ2) is 5.89. The normalized spacial score (nSPS) is 25.2. The molecule has 0 fully saturated rings. The van der Waals surface area contributed by atoms with Gasteiger partial charge in [0.2, 0.25) is 0 Å². The topological polar surface area (TPSA) is 0 Å². The van der Waals surface area contributed by atoms with E-state index in [1.54, 1.807) is 5.57 Å². The fourth-order valence-corrected chi connectivity index (χ4v) is 3.32. The van der Waals surface area contributed by atoms with Crippen LogP contribution in [0.5, 0.6) is 0 Å². The average molecular weight is 276 g/mol. The molecular weight excluding hydrogens is 252 g/mol. The Morgan fingerprint density at radius 3 is 2.19 bits per heavy atom. The first-order valence-corrected chi connectivity index (χ1v) is 7.93. The molecule has 2 aliphatic rings. The van der Waals surface area contributed by atoms with Gasteiger partial charge in [-0.3, -0.25) is 0 Å². The second-order valence-electron chi connectivity index (χ2n) is 6.47. The van der Waals surface area contributed by atoms with Crippen LogP contribution in [0.3, 0.4) is 0 Å². The molecule has 0 N–H and O–H groups in total. The Bertz CT molecular complexity index is 635. The van der Waals surface area contributed by atoms with Crippen molar-refractivity contribution in [1.82, 2.24) is 0 Å². The smallest absolute Gasteiger partial charge is 0.00584 e. The van der Waals surface area contributed by atoms with Crippen molar-refractivity contribution in [2.45, 2.75) is 39.5 Å². The van der Waals surface area contributed by atoms with E-state index in [0.717, 1.165) is 12.8 Å². The second-order valence-corrected chi connectivity index (χ2v) is 6.47. The predicted octanol–water partition coefficient (Wildman–Crippen LogP) is 5.88. The number of benzene rings is 1. The van der Waals surface area contributed by atoms with Gasteiger partial charge in [0.05, 0.1) is 0 Å². The summed E-state index contributed by atoms with van der Waals surface area (Å²) in [5.41, 5.74) is 7.23. The van der Waals surface area contributed by atoms with Crippen molar-refractivity contribution in [2.75, 3.05) is 0 Å². The summed E-state index contributed by atoms with van der Waals surface area (Å²) in [7, 11) is 0. The maximum absolute atomic E-state index is 2.39. The van der Waals surface area contributed by atoms with Gasteiger partial charge >= 0.3 is 0 Å². The third kappa shape index (κ3) is 3.10. The maximum atomic E-state index is 2.39. The Morgan fingerprint density at radius 2 is 1.57 bits per heavy atom. The van der Waals surface area contributed by atoms with Crippen LogP contribution in [0.15, 0.2) is 71.4 Å². The molecule has 0 saturated heterocycles. The molecule has 108 valence electrons. The zero-order valence-electron chi connectivity index (χ0n) is 13.3. The Morgan fingerprint density at radius 1 is 0.857 bits per heavy atom. The van der Waals surface area contributed by atoms with E-state index in [2.05, 4.69) is 75.4 Å². The fraction of sp³-hybridized carbons (Fsp3) is 0.333. The number of allylic oxidation sites excluding steroid dienone is 8. The zero-order chi connectivity index (χ0) is 14.8. The molecule has 2 atom stereocenters. The van der Waals surface area contributed by atoms with Crippen molar-refractivity contribution in [2.24, 2.45) is 5.92 Å². The van der Waals surface area contributed by atoms with Gasteiger partial charge in [0.25, 0.3) is 0 Å². The van der Waals surface area contributed by atoms with Crippen LogP contribution in [0.4, 0.5) is 0 Å². The fourth-order valence-electron chi connectivity index (χ4n) is 3.32. The van der Waals surface area contributed by atoms with Gasteiger partial charge < -0.3 is 0 Å². The Hall–Kier alpha value is -1.82. The van der Waals surface area contributed by atoms with Crippen molar-refractivity contribution < 1.29 is 0 Å². The standard InChI is InChI=1S/C21H24/c1-15-4-8-18(9-5-15)20-12-13-21(17(3)14-20)19-10-6-16(2)7-11-19/h4-10,12-13,19-20H,11,14H2,1-3H3.